The molecular formula is C55H99NO7P+. The summed E-state index contributed by atoms with van der Waals surface area (Å²) in [5, 5.41) is 0. The van der Waals surface area contributed by atoms with E-state index in [9.17, 15) is 14.3 Å². The first kappa shape index (κ1) is 61.7. The molecule has 0 saturated carbocycles. The predicted octanol–water partition coefficient (Wildman–Crippen LogP) is 16.0. The lowest BCUT2D eigenvalue weighted by Crippen LogP contribution is -2.37. The number of likely N-dealkylation sites (N-methyl/N-ethyl adjacent to an activating group) is 1. The van der Waals surface area contributed by atoms with Gasteiger partial charge in [0.2, 0.25) is 0 Å². The van der Waals surface area contributed by atoms with Gasteiger partial charge in [-0.1, -0.05) is 214 Å². The molecule has 0 aromatic rings. The molecule has 0 spiro atoms. The number of allylic oxidation sites excluding steroid dienone is 14. The van der Waals surface area contributed by atoms with E-state index < -0.39 is 13.9 Å². The van der Waals surface area contributed by atoms with Crippen LogP contribution in [0.1, 0.15) is 200 Å². The predicted molar refractivity (Wildman–Crippen MR) is 275 cm³/mol. The van der Waals surface area contributed by atoms with Crippen molar-refractivity contribution in [2.24, 2.45) is 0 Å². The van der Waals surface area contributed by atoms with Crippen LogP contribution in [0.4, 0.5) is 0 Å². The van der Waals surface area contributed by atoms with Crippen LogP contribution in [0.5, 0.6) is 0 Å². The molecule has 0 aromatic carbocycles. The van der Waals surface area contributed by atoms with Crippen molar-refractivity contribution >= 4 is 13.8 Å². The Morgan fingerprint density at radius 2 is 0.891 bits per heavy atom. The van der Waals surface area contributed by atoms with Crippen LogP contribution in [-0.4, -0.2) is 75.6 Å². The van der Waals surface area contributed by atoms with E-state index in [4.69, 9.17) is 18.5 Å². The monoisotopic (exact) mass is 917 g/mol. The number of rotatable bonds is 47. The zero-order chi connectivity index (χ0) is 46.9. The summed E-state index contributed by atoms with van der Waals surface area (Å²) in [6, 6.07) is 0. The number of phosphoric ester groups is 1. The molecule has 0 amide bonds. The molecule has 9 heteroatoms. The number of unbranched alkanes of at least 4 members (excludes halogenated alkanes) is 19. The molecular weight excluding hydrogens is 818 g/mol. The second kappa shape index (κ2) is 47.2. The van der Waals surface area contributed by atoms with Crippen molar-refractivity contribution in [2.75, 3.05) is 54.1 Å². The molecule has 0 aromatic heterocycles. The normalized spacial score (nSPS) is 14.3. The maximum absolute atomic E-state index is 12.7. The van der Waals surface area contributed by atoms with E-state index in [1.165, 1.54) is 109 Å². The summed E-state index contributed by atoms with van der Waals surface area (Å²) >= 11 is 0. The number of phosphoric acid groups is 1. The Morgan fingerprint density at radius 1 is 0.500 bits per heavy atom. The molecule has 0 radical (unpaired) electrons. The van der Waals surface area contributed by atoms with Crippen LogP contribution in [0.2, 0.25) is 0 Å². The van der Waals surface area contributed by atoms with Crippen molar-refractivity contribution in [3.05, 3.63) is 85.1 Å². The smallest absolute Gasteiger partial charge is 0.457 e. The largest absolute Gasteiger partial charge is 0.472 e. The van der Waals surface area contributed by atoms with E-state index in [2.05, 4.69) is 98.9 Å². The zero-order valence-corrected chi connectivity index (χ0v) is 42.9. The minimum Gasteiger partial charge on any atom is -0.457 e. The minimum atomic E-state index is -4.30. The first-order valence-corrected chi connectivity index (χ1v) is 27.3. The number of quaternary nitrogens is 1. The first-order chi connectivity index (χ1) is 31.1. The Labute approximate surface area is 395 Å². The summed E-state index contributed by atoms with van der Waals surface area (Å²) in [4.78, 5) is 23.0. The van der Waals surface area contributed by atoms with Crippen molar-refractivity contribution in [1.29, 1.82) is 0 Å². The molecule has 8 nitrogen and oxygen atoms in total. The number of hydrogen-bond donors (Lipinski definition) is 1. The van der Waals surface area contributed by atoms with Gasteiger partial charge in [0.25, 0.3) is 0 Å². The lowest BCUT2D eigenvalue weighted by Gasteiger charge is -2.24. The fourth-order valence-electron chi connectivity index (χ4n) is 6.78. The summed E-state index contributed by atoms with van der Waals surface area (Å²) in [5.41, 5.74) is 0. The van der Waals surface area contributed by atoms with Gasteiger partial charge in [-0.2, -0.15) is 0 Å². The third kappa shape index (κ3) is 50.7. The summed E-state index contributed by atoms with van der Waals surface area (Å²) in [6.07, 6.45) is 63.5. The summed E-state index contributed by atoms with van der Waals surface area (Å²) in [6.45, 7) is 5.44. The highest BCUT2D eigenvalue weighted by Gasteiger charge is 2.26. The minimum absolute atomic E-state index is 0.0746. The van der Waals surface area contributed by atoms with Crippen LogP contribution >= 0.6 is 7.82 Å². The van der Waals surface area contributed by atoms with E-state index >= 15 is 0 Å². The molecule has 1 N–H and O–H groups in total. The van der Waals surface area contributed by atoms with Gasteiger partial charge >= 0.3 is 13.8 Å². The molecule has 2 unspecified atom stereocenters. The van der Waals surface area contributed by atoms with Crippen molar-refractivity contribution < 1.29 is 37.3 Å². The standard InChI is InChI=1S/C55H98NO7P/c1-6-8-10-12-14-16-18-20-22-24-26-27-28-29-30-32-34-36-38-40-42-44-46-48-55(57)63-54(53-62-64(58,59)61-51-49-56(3,4)5)52-60-50-47-45-43-41-39-37-35-33-31-25-23-21-19-17-15-13-11-9-7-2/h8,10,14,16,20,22,26-27,29-30,34,36,40,42,54H,6-7,9,11-13,15,17-19,21,23-25,28,31-33,35,37-39,41,43-53H2,1-5H3/p+1/b10-8-,16-14-,22-20-,27-26-,30-29-,36-34-,42-40-. The van der Waals surface area contributed by atoms with E-state index in [0.29, 0.717) is 24.1 Å². The zero-order valence-electron chi connectivity index (χ0n) is 42.0. The summed E-state index contributed by atoms with van der Waals surface area (Å²) in [7, 11) is 1.62. The van der Waals surface area contributed by atoms with E-state index in [-0.39, 0.29) is 32.2 Å². The van der Waals surface area contributed by atoms with Crippen LogP contribution in [-0.2, 0) is 27.9 Å². The van der Waals surface area contributed by atoms with Crippen LogP contribution in [0, 0.1) is 0 Å². The van der Waals surface area contributed by atoms with Gasteiger partial charge in [0.1, 0.15) is 19.3 Å². The number of ether oxygens (including phenoxy) is 2. The Bertz CT molecular complexity index is 1300. The molecule has 0 rings (SSSR count). The number of hydrogen-bond acceptors (Lipinski definition) is 6. The molecule has 2 atom stereocenters. The van der Waals surface area contributed by atoms with Gasteiger partial charge in [-0.15, -0.1) is 0 Å². The number of esters is 1. The van der Waals surface area contributed by atoms with Crippen molar-refractivity contribution in [3.8, 4) is 0 Å². The highest BCUT2D eigenvalue weighted by Crippen LogP contribution is 2.43. The molecule has 0 bridgehead atoms. The van der Waals surface area contributed by atoms with Crippen molar-refractivity contribution in [2.45, 2.75) is 206 Å². The molecule has 370 valence electrons. The highest BCUT2D eigenvalue weighted by atomic mass is 31.2. The van der Waals surface area contributed by atoms with Gasteiger partial charge in [-0.3, -0.25) is 13.8 Å². The van der Waals surface area contributed by atoms with Crippen molar-refractivity contribution in [1.82, 2.24) is 0 Å². The molecule has 0 aliphatic heterocycles. The number of carbonyl (C=O) groups is 1. The Morgan fingerprint density at radius 3 is 1.30 bits per heavy atom. The van der Waals surface area contributed by atoms with Gasteiger partial charge < -0.3 is 18.9 Å². The highest BCUT2D eigenvalue weighted by molar-refractivity contribution is 7.47. The van der Waals surface area contributed by atoms with Gasteiger partial charge in [-0.05, 0) is 64.2 Å². The SMILES string of the molecule is CC/C=C\C/C=C\C/C=C\C/C=C\C/C=C\C/C=C\C/C=C\CCCC(=O)OC(COCCCCCCCCCCCCCCCCCCCCC)COP(=O)(O)OCC[N+](C)(C)C. The topological polar surface area (TPSA) is 91.3 Å². The van der Waals surface area contributed by atoms with E-state index in [1.807, 2.05) is 21.1 Å². The number of carbonyl (C=O) groups excluding carboxylic acids is 1. The lowest BCUT2D eigenvalue weighted by atomic mass is 10.0. The maximum atomic E-state index is 12.7. The Hall–Kier alpha value is -2.32. The van der Waals surface area contributed by atoms with Crippen LogP contribution in [0.3, 0.4) is 0 Å². The third-order valence-electron chi connectivity index (χ3n) is 10.7. The fourth-order valence-corrected chi connectivity index (χ4v) is 7.52. The first-order valence-electron chi connectivity index (χ1n) is 25.8. The van der Waals surface area contributed by atoms with Gasteiger partial charge in [-0.25, -0.2) is 4.57 Å². The quantitative estimate of drug-likeness (QED) is 0.0214. The summed E-state index contributed by atoms with van der Waals surface area (Å²) in [5.74, 6) is -0.371. The summed E-state index contributed by atoms with van der Waals surface area (Å²) < 4.78 is 35.1. The van der Waals surface area contributed by atoms with Gasteiger partial charge in [0.15, 0.2) is 0 Å². The maximum Gasteiger partial charge on any atom is 0.472 e. The molecule has 0 aliphatic rings. The van der Waals surface area contributed by atoms with Gasteiger partial charge in [0.05, 0.1) is 34.4 Å². The Kier molecular flexibility index (Phi) is 45.5. The van der Waals surface area contributed by atoms with Gasteiger partial charge in [0, 0.05) is 13.0 Å². The average molecular weight is 917 g/mol. The van der Waals surface area contributed by atoms with Crippen LogP contribution in [0.25, 0.3) is 0 Å². The lowest BCUT2D eigenvalue weighted by molar-refractivity contribution is -0.870. The van der Waals surface area contributed by atoms with E-state index in [0.717, 1.165) is 64.2 Å². The fraction of sp³-hybridized carbons (Fsp3) is 0.727. The Balaban J connectivity index is 4.27. The van der Waals surface area contributed by atoms with E-state index in [1.54, 1.807) is 0 Å². The molecule has 0 fully saturated rings. The third-order valence-corrected chi connectivity index (χ3v) is 11.7. The molecule has 0 saturated heterocycles. The average Bonchev–Trinajstić information content (AvgIpc) is 3.25. The number of nitrogens with zero attached hydrogens (tertiary/aromatic N) is 1. The molecule has 64 heavy (non-hydrogen) atoms. The molecule has 0 aliphatic carbocycles. The second-order valence-electron chi connectivity index (χ2n) is 18.2. The van der Waals surface area contributed by atoms with Crippen LogP contribution < -0.4 is 0 Å². The molecule has 0 heterocycles. The van der Waals surface area contributed by atoms with Crippen LogP contribution in [0.15, 0.2) is 85.1 Å². The second-order valence-corrected chi connectivity index (χ2v) is 19.6. The van der Waals surface area contributed by atoms with Crippen molar-refractivity contribution in [3.63, 3.8) is 0 Å².